The van der Waals surface area contributed by atoms with Crippen LogP contribution in [-0.2, 0) is 12.8 Å². The lowest BCUT2D eigenvalue weighted by Gasteiger charge is -2.05. The van der Waals surface area contributed by atoms with Crippen molar-refractivity contribution in [3.63, 3.8) is 0 Å². The number of aromatic nitrogens is 2. The first-order chi connectivity index (χ1) is 12.6. The van der Waals surface area contributed by atoms with Gasteiger partial charge >= 0.3 is 12.0 Å². The molecule has 2 N–H and O–H groups in total. The highest BCUT2D eigenvalue weighted by Gasteiger charge is 2.11. The summed E-state index contributed by atoms with van der Waals surface area (Å²) < 4.78 is 5.51. The number of hydrogen-bond acceptors (Lipinski definition) is 4. The third-order valence-corrected chi connectivity index (χ3v) is 4.07. The summed E-state index contributed by atoms with van der Waals surface area (Å²) in [7, 11) is 0. The molecule has 3 aromatic rings. The molecular weight excluding hydrogens is 328 g/mol. The number of nitrogens with one attached hydrogen (secondary N) is 2. The van der Waals surface area contributed by atoms with E-state index >= 15 is 0 Å². The van der Waals surface area contributed by atoms with E-state index in [0.29, 0.717) is 18.9 Å². The Morgan fingerprint density at radius 3 is 2.65 bits per heavy atom. The molecule has 0 fully saturated rings. The average molecular weight is 350 g/mol. The largest absolute Gasteiger partial charge is 0.407 e. The Hall–Kier alpha value is -3.15. The van der Waals surface area contributed by atoms with Gasteiger partial charge in [-0.2, -0.15) is 0 Å². The topological polar surface area (TPSA) is 80.0 Å². The van der Waals surface area contributed by atoms with Crippen molar-refractivity contribution in [1.82, 2.24) is 15.5 Å². The van der Waals surface area contributed by atoms with Crippen LogP contribution in [0.3, 0.4) is 0 Å². The molecule has 2 aromatic carbocycles. The van der Waals surface area contributed by atoms with E-state index in [9.17, 15) is 4.79 Å². The summed E-state index contributed by atoms with van der Waals surface area (Å²) in [4.78, 5) is 11.9. The first-order valence-electron chi connectivity index (χ1n) is 8.57. The number of carbonyl (C=O) groups excluding carboxylic acids is 1. The molecule has 0 saturated carbocycles. The Morgan fingerprint density at radius 1 is 1.08 bits per heavy atom. The van der Waals surface area contributed by atoms with Crippen LogP contribution in [0.2, 0.25) is 0 Å². The second-order valence-electron chi connectivity index (χ2n) is 6.22. The highest BCUT2D eigenvalue weighted by molar-refractivity contribution is 5.86. The van der Waals surface area contributed by atoms with E-state index in [2.05, 4.69) is 52.9 Å². The van der Waals surface area contributed by atoms with Gasteiger partial charge in [0, 0.05) is 6.54 Å². The van der Waals surface area contributed by atoms with Gasteiger partial charge in [-0.3, -0.25) is 5.32 Å². The SMILES string of the molecule is Cc1ccc(Cc2nnc(NC(=O)NCCc3ccccc3)o2)c(C)c1. The minimum absolute atomic E-state index is 0.0991. The normalized spacial score (nSPS) is 10.5. The average Bonchev–Trinajstić information content (AvgIpc) is 3.05. The van der Waals surface area contributed by atoms with Gasteiger partial charge in [0.05, 0.1) is 6.42 Å². The summed E-state index contributed by atoms with van der Waals surface area (Å²) in [5.41, 5.74) is 4.68. The molecule has 0 saturated heterocycles. The molecule has 6 heteroatoms. The van der Waals surface area contributed by atoms with Crippen LogP contribution in [0.5, 0.6) is 0 Å². The van der Waals surface area contributed by atoms with Crippen molar-refractivity contribution in [3.8, 4) is 0 Å². The Bertz CT molecular complexity index is 875. The Kier molecular flexibility index (Phi) is 5.63. The van der Waals surface area contributed by atoms with Crippen LogP contribution >= 0.6 is 0 Å². The van der Waals surface area contributed by atoms with Crippen LogP contribution in [0.1, 0.15) is 28.1 Å². The summed E-state index contributed by atoms with van der Waals surface area (Å²) in [6, 6.07) is 15.9. The van der Waals surface area contributed by atoms with E-state index in [4.69, 9.17) is 4.42 Å². The minimum Gasteiger partial charge on any atom is -0.407 e. The van der Waals surface area contributed by atoms with Crippen molar-refractivity contribution in [2.75, 3.05) is 11.9 Å². The molecule has 0 atom stereocenters. The van der Waals surface area contributed by atoms with E-state index in [-0.39, 0.29) is 12.0 Å². The van der Waals surface area contributed by atoms with Crippen molar-refractivity contribution in [3.05, 3.63) is 76.7 Å². The molecule has 0 aliphatic carbocycles. The summed E-state index contributed by atoms with van der Waals surface area (Å²) in [6.45, 7) is 4.64. The number of hydrogen-bond donors (Lipinski definition) is 2. The lowest BCUT2D eigenvalue weighted by Crippen LogP contribution is -2.30. The summed E-state index contributed by atoms with van der Waals surface area (Å²) in [5, 5.41) is 13.2. The van der Waals surface area contributed by atoms with E-state index in [1.54, 1.807) is 0 Å². The Balaban J connectivity index is 1.49. The summed E-state index contributed by atoms with van der Waals surface area (Å²) >= 11 is 0. The second kappa shape index (κ2) is 8.29. The van der Waals surface area contributed by atoms with Gasteiger partial charge in [0.1, 0.15) is 0 Å². The van der Waals surface area contributed by atoms with Gasteiger partial charge in [0.2, 0.25) is 5.89 Å². The minimum atomic E-state index is -0.359. The van der Waals surface area contributed by atoms with Gasteiger partial charge in [0.25, 0.3) is 0 Å². The first-order valence-corrected chi connectivity index (χ1v) is 8.57. The third-order valence-electron chi connectivity index (χ3n) is 4.07. The number of carbonyl (C=O) groups is 1. The predicted octanol–water partition coefficient (Wildman–Crippen LogP) is 3.64. The second-order valence-corrected chi connectivity index (χ2v) is 6.22. The van der Waals surface area contributed by atoms with Crippen molar-refractivity contribution < 1.29 is 9.21 Å². The number of aryl methyl sites for hydroxylation is 2. The van der Waals surface area contributed by atoms with Gasteiger partial charge in [-0.25, -0.2) is 4.79 Å². The maximum atomic E-state index is 11.9. The fourth-order valence-electron chi connectivity index (χ4n) is 2.69. The maximum Gasteiger partial charge on any atom is 0.323 e. The van der Waals surface area contributed by atoms with Crippen LogP contribution in [-0.4, -0.2) is 22.8 Å². The van der Waals surface area contributed by atoms with Crippen molar-refractivity contribution in [2.24, 2.45) is 0 Å². The lowest BCUT2D eigenvalue weighted by atomic mass is 10.0. The number of benzene rings is 2. The van der Waals surface area contributed by atoms with Crippen LogP contribution in [0.25, 0.3) is 0 Å². The highest BCUT2D eigenvalue weighted by atomic mass is 16.4. The molecule has 0 aliphatic rings. The molecule has 6 nitrogen and oxygen atoms in total. The van der Waals surface area contributed by atoms with E-state index < -0.39 is 0 Å². The monoisotopic (exact) mass is 350 g/mol. The van der Waals surface area contributed by atoms with Gasteiger partial charge in [-0.15, -0.1) is 5.10 Å². The standard InChI is InChI=1S/C20H22N4O2/c1-14-8-9-17(15(2)12-14)13-18-23-24-20(26-18)22-19(25)21-11-10-16-6-4-3-5-7-16/h3-9,12H,10-11,13H2,1-2H3,(H2,21,22,24,25). The number of rotatable bonds is 6. The van der Waals surface area contributed by atoms with Crippen LogP contribution in [0.4, 0.5) is 10.8 Å². The summed E-state index contributed by atoms with van der Waals surface area (Å²) in [5.74, 6) is 0.469. The molecule has 0 aliphatic heterocycles. The number of urea groups is 1. The molecule has 0 unspecified atom stereocenters. The van der Waals surface area contributed by atoms with Crippen molar-refractivity contribution in [2.45, 2.75) is 26.7 Å². The van der Waals surface area contributed by atoms with Gasteiger partial charge < -0.3 is 9.73 Å². The van der Waals surface area contributed by atoms with E-state index in [0.717, 1.165) is 12.0 Å². The molecule has 3 rings (SSSR count). The molecule has 26 heavy (non-hydrogen) atoms. The Morgan fingerprint density at radius 2 is 1.88 bits per heavy atom. The smallest absolute Gasteiger partial charge is 0.323 e. The molecule has 2 amide bonds. The van der Waals surface area contributed by atoms with Crippen LogP contribution in [0.15, 0.2) is 52.9 Å². The number of anilines is 1. The van der Waals surface area contributed by atoms with Crippen molar-refractivity contribution in [1.29, 1.82) is 0 Å². The van der Waals surface area contributed by atoms with Crippen LogP contribution < -0.4 is 10.6 Å². The molecular formula is C20H22N4O2. The number of amides is 2. The number of nitrogens with zero attached hydrogens (tertiary/aromatic N) is 2. The predicted molar refractivity (Wildman–Crippen MR) is 100 cm³/mol. The fraction of sp³-hybridized carbons (Fsp3) is 0.250. The van der Waals surface area contributed by atoms with Crippen LogP contribution in [0, 0.1) is 13.8 Å². The highest BCUT2D eigenvalue weighted by Crippen LogP contribution is 2.16. The third kappa shape index (κ3) is 4.92. The lowest BCUT2D eigenvalue weighted by molar-refractivity contribution is 0.251. The zero-order valence-corrected chi connectivity index (χ0v) is 15.0. The zero-order chi connectivity index (χ0) is 18.4. The molecule has 134 valence electrons. The molecule has 0 bridgehead atoms. The quantitative estimate of drug-likeness (QED) is 0.711. The zero-order valence-electron chi connectivity index (χ0n) is 15.0. The van der Waals surface area contributed by atoms with Gasteiger partial charge in [0.15, 0.2) is 0 Å². The van der Waals surface area contributed by atoms with Crippen molar-refractivity contribution >= 4 is 12.0 Å². The molecule has 1 aromatic heterocycles. The van der Waals surface area contributed by atoms with E-state index in [1.807, 2.05) is 30.3 Å². The first kappa shape index (κ1) is 17.7. The summed E-state index contributed by atoms with van der Waals surface area (Å²) in [6.07, 6.45) is 1.30. The molecule has 0 spiro atoms. The Labute approximate surface area is 152 Å². The van der Waals surface area contributed by atoms with Gasteiger partial charge in [-0.05, 0) is 37.0 Å². The maximum absolute atomic E-state index is 11.9. The molecule has 1 heterocycles. The molecule has 0 radical (unpaired) electrons. The fourth-order valence-corrected chi connectivity index (χ4v) is 2.69. The van der Waals surface area contributed by atoms with E-state index in [1.165, 1.54) is 16.7 Å². The van der Waals surface area contributed by atoms with Gasteiger partial charge in [-0.1, -0.05) is 59.2 Å².